The minimum Gasteiger partial charge on any atom is -0.445 e. The lowest BCUT2D eigenvalue weighted by Crippen LogP contribution is -2.48. The molecule has 8 nitrogen and oxygen atoms in total. The summed E-state index contributed by atoms with van der Waals surface area (Å²) in [6.07, 6.45) is 0.434. The van der Waals surface area contributed by atoms with Crippen molar-refractivity contribution in [3.63, 3.8) is 0 Å². The molecule has 3 aromatic rings. The minimum atomic E-state index is -0.768. The summed E-state index contributed by atoms with van der Waals surface area (Å²) in [5.74, 6) is -0.142. The number of alkyl carbamates (subject to hydrolysis) is 1. The number of hydrogen-bond acceptors (Lipinski definition) is 6. The van der Waals surface area contributed by atoms with Crippen molar-refractivity contribution in [2.24, 2.45) is 11.8 Å². The summed E-state index contributed by atoms with van der Waals surface area (Å²) < 4.78 is 5.34. The second-order valence-corrected chi connectivity index (χ2v) is 11.2. The maximum absolute atomic E-state index is 13.4. The number of amides is 3. The van der Waals surface area contributed by atoms with Crippen molar-refractivity contribution in [3.05, 3.63) is 87.9 Å². The van der Waals surface area contributed by atoms with Crippen LogP contribution in [0.2, 0.25) is 0 Å². The first kappa shape index (κ1) is 29.8. The number of nitrogens with zero attached hydrogens (tertiary/aromatic N) is 1. The van der Waals surface area contributed by atoms with E-state index >= 15 is 0 Å². The molecule has 0 unspecified atom stereocenters. The predicted molar refractivity (Wildman–Crippen MR) is 153 cm³/mol. The number of ether oxygens (including phenoxy) is 1. The van der Waals surface area contributed by atoms with Gasteiger partial charge < -0.3 is 20.7 Å². The van der Waals surface area contributed by atoms with Crippen molar-refractivity contribution in [2.75, 3.05) is 0 Å². The van der Waals surface area contributed by atoms with Crippen LogP contribution >= 0.6 is 11.3 Å². The number of benzene rings is 2. The van der Waals surface area contributed by atoms with Crippen LogP contribution in [0.5, 0.6) is 0 Å². The molecule has 3 rings (SSSR count). The van der Waals surface area contributed by atoms with Gasteiger partial charge in [-0.25, -0.2) is 9.78 Å². The molecule has 0 aliphatic rings. The normalized spacial score (nSPS) is 12.6. The van der Waals surface area contributed by atoms with E-state index in [4.69, 9.17) is 4.74 Å². The van der Waals surface area contributed by atoms with E-state index in [1.54, 1.807) is 0 Å². The molecule has 0 aliphatic heterocycles. The molecular formula is C30H38N4O4S. The number of rotatable bonds is 13. The van der Waals surface area contributed by atoms with Crippen LogP contribution in [0.15, 0.2) is 66.0 Å². The third kappa shape index (κ3) is 10.2. The quantitative estimate of drug-likeness (QED) is 0.256. The fourth-order valence-corrected chi connectivity index (χ4v) is 4.80. The molecule has 2 aromatic carbocycles. The Balaban J connectivity index is 1.64. The molecule has 1 aromatic heterocycles. The lowest BCUT2D eigenvalue weighted by Gasteiger charge is -2.24. The molecule has 208 valence electrons. The topological polar surface area (TPSA) is 109 Å². The fourth-order valence-electron chi connectivity index (χ4n) is 4.01. The summed E-state index contributed by atoms with van der Waals surface area (Å²) >= 11 is 1.25. The zero-order valence-electron chi connectivity index (χ0n) is 23.0. The molecule has 2 atom stereocenters. The van der Waals surface area contributed by atoms with Crippen LogP contribution in [0.1, 0.15) is 73.2 Å². The highest BCUT2D eigenvalue weighted by molar-refractivity contribution is 7.11. The van der Waals surface area contributed by atoms with E-state index in [2.05, 4.69) is 34.8 Å². The number of carbonyl (C=O) groups excluding carboxylic acids is 3. The number of aromatic nitrogens is 1. The molecule has 0 spiro atoms. The Morgan fingerprint density at radius 2 is 1.46 bits per heavy atom. The van der Waals surface area contributed by atoms with Crippen molar-refractivity contribution < 1.29 is 19.1 Å². The average molecular weight is 551 g/mol. The highest BCUT2D eigenvalue weighted by atomic mass is 32.1. The van der Waals surface area contributed by atoms with Crippen molar-refractivity contribution in [1.29, 1.82) is 0 Å². The third-order valence-electron chi connectivity index (χ3n) is 5.92. The molecule has 0 radical (unpaired) electrons. The van der Waals surface area contributed by atoms with E-state index in [0.717, 1.165) is 11.1 Å². The first-order valence-electron chi connectivity index (χ1n) is 13.3. The maximum Gasteiger partial charge on any atom is 0.408 e. The van der Waals surface area contributed by atoms with Gasteiger partial charge in [-0.2, -0.15) is 0 Å². The number of thiazole rings is 1. The Hall–Kier alpha value is -3.72. The van der Waals surface area contributed by atoms with Crippen LogP contribution in [0.25, 0.3) is 0 Å². The maximum atomic E-state index is 13.4. The zero-order valence-corrected chi connectivity index (χ0v) is 23.8. The van der Waals surface area contributed by atoms with Gasteiger partial charge in [0.25, 0.3) is 5.91 Å². The summed E-state index contributed by atoms with van der Waals surface area (Å²) in [7, 11) is 0. The van der Waals surface area contributed by atoms with E-state index in [0.29, 0.717) is 30.1 Å². The molecule has 0 saturated carbocycles. The van der Waals surface area contributed by atoms with Crippen molar-refractivity contribution in [3.8, 4) is 0 Å². The smallest absolute Gasteiger partial charge is 0.408 e. The van der Waals surface area contributed by atoms with Crippen LogP contribution in [0.4, 0.5) is 4.79 Å². The summed E-state index contributed by atoms with van der Waals surface area (Å²) in [5, 5.41) is 10.8. The zero-order chi connectivity index (χ0) is 28.2. The summed E-state index contributed by atoms with van der Waals surface area (Å²) in [6, 6.07) is 17.9. The largest absolute Gasteiger partial charge is 0.445 e. The molecule has 0 fully saturated rings. The van der Waals surface area contributed by atoms with Crippen LogP contribution in [-0.4, -0.2) is 28.9 Å². The highest BCUT2D eigenvalue weighted by Crippen LogP contribution is 2.24. The van der Waals surface area contributed by atoms with Gasteiger partial charge in [0.15, 0.2) is 5.01 Å². The van der Waals surface area contributed by atoms with Crippen LogP contribution in [0, 0.1) is 11.8 Å². The van der Waals surface area contributed by atoms with E-state index in [-0.39, 0.29) is 30.3 Å². The lowest BCUT2D eigenvalue weighted by atomic mass is 9.99. The van der Waals surface area contributed by atoms with Gasteiger partial charge in [-0.3, -0.25) is 9.59 Å². The Bertz CT molecular complexity index is 1200. The second kappa shape index (κ2) is 15.0. The van der Waals surface area contributed by atoms with Crippen LogP contribution in [0.3, 0.4) is 0 Å². The third-order valence-corrected chi connectivity index (χ3v) is 6.78. The standard InChI is InChI=1S/C30H38N4O4S/c1-20(2)15-24(26-19-39-29(33-26)28(36)31-17-22-11-7-5-8-12-22)32-27(35)25(16-21(3)4)34-30(37)38-18-23-13-9-6-10-14-23/h5-14,19-21,24-25H,15-18H2,1-4H3,(H,31,36)(H,32,35)(H,34,37)/t24-,25-/m0/s1. The van der Waals surface area contributed by atoms with Crippen molar-refractivity contribution in [1.82, 2.24) is 20.9 Å². The fraction of sp³-hybridized carbons (Fsp3) is 0.400. The van der Waals surface area contributed by atoms with Gasteiger partial charge in [-0.1, -0.05) is 88.4 Å². The van der Waals surface area contributed by atoms with E-state index in [9.17, 15) is 14.4 Å². The van der Waals surface area contributed by atoms with Gasteiger partial charge in [0.1, 0.15) is 12.6 Å². The Labute approximate surface area is 234 Å². The molecule has 39 heavy (non-hydrogen) atoms. The van der Waals surface area contributed by atoms with Crippen LogP contribution in [-0.2, 0) is 22.7 Å². The van der Waals surface area contributed by atoms with Crippen molar-refractivity contribution >= 4 is 29.2 Å². The van der Waals surface area contributed by atoms with E-state index < -0.39 is 18.2 Å². The lowest BCUT2D eigenvalue weighted by molar-refractivity contribution is -0.124. The van der Waals surface area contributed by atoms with Gasteiger partial charge in [0.2, 0.25) is 5.91 Å². The second-order valence-electron chi connectivity index (χ2n) is 10.3. The molecule has 3 amide bonds. The molecule has 9 heteroatoms. The Kier molecular flexibility index (Phi) is 11.5. The van der Waals surface area contributed by atoms with Crippen molar-refractivity contribution in [2.45, 2.75) is 65.8 Å². The van der Waals surface area contributed by atoms with Gasteiger partial charge in [-0.15, -0.1) is 11.3 Å². The summed E-state index contributed by atoms with van der Waals surface area (Å²) in [5.41, 5.74) is 2.49. The summed E-state index contributed by atoms with van der Waals surface area (Å²) in [4.78, 5) is 43.1. The van der Waals surface area contributed by atoms with Gasteiger partial charge in [0, 0.05) is 11.9 Å². The number of nitrogens with one attached hydrogen (secondary N) is 3. The number of hydrogen-bond donors (Lipinski definition) is 3. The van der Waals surface area contributed by atoms with Crippen LogP contribution < -0.4 is 16.0 Å². The van der Waals surface area contributed by atoms with E-state index in [1.165, 1.54) is 11.3 Å². The predicted octanol–water partition coefficient (Wildman–Crippen LogP) is 5.62. The monoisotopic (exact) mass is 550 g/mol. The SMILES string of the molecule is CC(C)C[C@H](NC(=O)OCc1ccccc1)C(=O)N[C@@H](CC(C)C)c1csc(C(=O)NCc2ccccc2)n1. The van der Waals surface area contributed by atoms with Gasteiger partial charge in [0.05, 0.1) is 11.7 Å². The molecular weight excluding hydrogens is 512 g/mol. The Morgan fingerprint density at radius 1 is 0.846 bits per heavy atom. The van der Waals surface area contributed by atoms with E-state index in [1.807, 2.05) is 79.9 Å². The first-order valence-corrected chi connectivity index (χ1v) is 14.1. The Morgan fingerprint density at radius 3 is 2.08 bits per heavy atom. The van der Waals surface area contributed by atoms with Gasteiger partial charge >= 0.3 is 6.09 Å². The molecule has 1 heterocycles. The molecule has 0 saturated heterocycles. The molecule has 0 aliphatic carbocycles. The molecule has 0 bridgehead atoms. The van der Waals surface area contributed by atoms with Gasteiger partial charge in [-0.05, 0) is 35.8 Å². The molecule has 3 N–H and O–H groups in total. The highest BCUT2D eigenvalue weighted by Gasteiger charge is 2.27. The minimum absolute atomic E-state index is 0.118. The average Bonchev–Trinajstić information content (AvgIpc) is 3.41. The number of carbonyl (C=O) groups is 3. The summed E-state index contributed by atoms with van der Waals surface area (Å²) in [6.45, 7) is 8.62. The first-order chi connectivity index (χ1) is 18.7.